The molecule has 0 aliphatic heterocycles. The Morgan fingerprint density at radius 2 is 0.880 bits per heavy atom. The Bertz CT molecular complexity index is 3170. The van der Waals surface area contributed by atoms with Crippen molar-refractivity contribution in [2.24, 2.45) is 0 Å². The highest BCUT2D eigenvalue weighted by atomic mass is 16.3. The van der Waals surface area contributed by atoms with Crippen molar-refractivity contribution in [2.45, 2.75) is 0 Å². The molecule has 3 aromatic heterocycles. The fourth-order valence-electron chi connectivity index (χ4n) is 7.62. The van der Waals surface area contributed by atoms with Gasteiger partial charge in [-0.15, -0.1) is 0 Å². The van der Waals surface area contributed by atoms with Crippen LogP contribution in [-0.4, -0.2) is 15.0 Å². The molecule has 0 aliphatic carbocycles. The normalized spacial score (nSPS) is 12.0. The van der Waals surface area contributed by atoms with Crippen molar-refractivity contribution in [3.8, 4) is 34.2 Å². The van der Waals surface area contributed by atoms with Crippen LogP contribution in [0.15, 0.2) is 160 Å². The average Bonchev–Trinajstić information content (AvgIpc) is 3.76. The molecule has 232 valence electrons. The molecule has 0 saturated heterocycles. The van der Waals surface area contributed by atoms with Crippen LogP contribution in [0.5, 0.6) is 0 Å². The molecule has 0 bridgehead atoms. The second kappa shape index (κ2) is 10.3. The zero-order chi connectivity index (χ0) is 32.8. The summed E-state index contributed by atoms with van der Waals surface area (Å²) in [4.78, 5) is 15.7. The van der Waals surface area contributed by atoms with Crippen LogP contribution in [0.4, 0.5) is 0 Å². The number of aromatic nitrogens is 3. The molecule has 0 aliphatic rings. The highest BCUT2D eigenvalue weighted by Gasteiger charge is 2.21. The van der Waals surface area contributed by atoms with Gasteiger partial charge in [-0.2, -0.15) is 0 Å². The van der Waals surface area contributed by atoms with Gasteiger partial charge in [0.05, 0.1) is 0 Å². The summed E-state index contributed by atoms with van der Waals surface area (Å²) in [6.07, 6.45) is 0. The topological polar surface area (TPSA) is 65.0 Å². The maximum Gasteiger partial charge on any atom is 0.164 e. The largest absolute Gasteiger partial charge is 0.456 e. The summed E-state index contributed by atoms with van der Waals surface area (Å²) in [7, 11) is 0. The van der Waals surface area contributed by atoms with E-state index in [1.54, 1.807) is 0 Å². The molecule has 0 radical (unpaired) electrons. The number of hydrogen-bond acceptors (Lipinski definition) is 5. The van der Waals surface area contributed by atoms with Gasteiger partial charge < -0.3 is 8.83 Å². The lowest BCUT2D eigenvalue weighted by atomic mass is 9.98. The maximum absolute atomic E-state index is 6.45. The Balaban J connectivity index is 1.23. The molecular weight excluding hydrogens is 615 g/mol. The first-order valence-corrected chi connectivity index (χ1v) is 16.7. The number of para-hydroxylation sites is 2. The van der Waals surface area contributed by atoms with Crippen LogP contribution in [0.3, 0.4) is 0 Å². The summed E-state index contributed by atoms with van der Waals surface area (Å²) < 4.78 is 12.7. The van der Waals surface area contributed by atoms with Crippen LogP contribution < -0.4 is 0 Å². The zero-order valence-electron chi connectivity index (χ0n) is 26.6. The molecule has 5 heteroatoms. The molecule has 0 saturated carbocycles. The van der Waals surface area contributed by atoms with Gasteiger partial charge in [0.1, 0.15) is 22.3 Å². The van der Waals surface area contributed by atoms with E-state index in [9.17, 15) is 0 Å². The van der Waals surface area contributed by atoms with Gasteiger partial charge in [0.25, 0.3) is 0 Å². The smallest absolute Gasteiger partial charge is 0.164 e. The molecular formula is C45H25N3O2. The third-order valence-electron chi connectivity index (χ3n) is 9.91. The lowest BCUT2D eigenvalue weighted by molar-refractivity contribution is 0.669. The van der Waals surface area contributed by atoms with Gasteiger partial charge in [-0.25, -0.2) is 15.0 Å². The van der Waals surface area contributed by atoms with E-state index in [0.717, 1.165) is 82.1 Å². The first kappa shape index (κ1) is 27.1. The molecule has 0 atom stereocenters. The lowest BCUT2D eigenvalue weighted by Crippen LogP contribution is -2.01. The van der Waals surface area contributed by atoms with Gasteiger partial charge in [0.15, 0.2) is 17.5 Å². The number of furan rings is 2. The Morgan fingerprint density at radius 1 is 0.320 bits per heavy atom. The fraction of sp³-hybridized carbons (Fsp3) is 0. The minimum absolute atomic E-state index is 0.575. The van der Waals surface area contributed by atoms with Crippen molar-refractivity contribution >= 4 is 76.2 Å². The molecule has 0 N–H and O–H groups in total. The minimum atomic E-state index is 0.575. The Hall–Kier alpha value is -6.85. The van der Waals surface area contributed by atoms with Gasteiger partial charge in [-0.05, 0) is 62.6 Å². The predicted octanol–water partition coefficient (Wildman–Crippen LogP) is 12.1. The predicted molar refractivity (Wildman–Crippen MR) is 203 cm³/mol. The SMILES string of the molecule is c1ccc2c(c1)ccc1ccc(-c3nc(-c4cc5oc6ccccc6c5c5ccccc45)nc(-c4cccc5oc6ccccc6c45)n3)cc12. The standard InChI is InChI=1S/C45H25N3O2/c1-2-11-29-26(10-1)20-21-27-22-23-28(24-35(27)29)43-46-44(34-16-9-19-39-42(34)33-15-6-7-17-37(33)49-39)48-45(47-43)36-25-40-41(31-13-4-3-12-30(31)36)32-14-5-8-18-38(32)50-40/h1-25H. The zero-order valence-corrected chi connectivity index (χ0v) is 26.6. The third-order valence-corrected chi connectivity index (χ3v) is 9.91. The maximum atomic E-state index is 6.45. The number of fused-ring (bicyclic) bond motifs is 11. The summed E-state index contributed by atoms with van der Waals surface area (Å²) in [6.45, 7) is 0. The van der Waals surface area contributed by atoms with Gasteiger partial charge in [0, 0.05) is 38.2 Å². The van der Waals surface area contributed by atoms with Gasteiger partial charge >= 0.3 is 0 Å². The van der Waals surface area contributed by atoms with Gasteiger partial charge in [-0.1, -0.05) is 121 Å². The molecule has 0 amide bonds. The Morgan fingerprint density at radius 3 is 1.68 bits per heavy atom. The van der Waals surface area contributed by atoms with Crippen molar-refractivity contribution in [1.82, 2.24) is 15.0 Å². The molecule has 0 fully saturated rings. The second-order valence-corrected chi connectivity index (χ2v) is 12.7. The molecule has 0 spiro atoms. The first-order valence-electron chi connectivity index (χ1n) is 16.7. The van der Waals surface area contributed by atoms with Crippen LogP contribution in [0, 0.1) is 0 Å². The van der Waals surface area contributed by atoms with Crippen molar-refractivity contribution in [1.29, 1.82) is 0 Å². The van der Waals surface area contributed by atoms with Crippen molar-refractivity contribution in [2.75, 3.05) is 0 Å². The van der Waals surface area contributed by atoms with Crippen LogP contribution in [0.25, 0.3) is 110 Å². The van der Waals surface area contributed by atoms with E-state index in [-0.39, 0.29) is 0 Å². The minimum Gasteiger partial charge on any atom is -0.456 e. The quantitative estimate of drug-likeness (QED) is 0.180. The molecule has 8 aromatic carbocycles. The number of benzene rings is 8. The van der Waals surface area contributed by atoms with Crippen LogP contribution in [-0.2, 0) is 0 Å². The molecule has 11 aromatic rings. The van der Waals surface area contributed by atoms with Crippen LogP contribution >= 0.6 is 0 Å². The number of rotatable bonds is 3. The third kappa shape index (κ3) is 3.98. The van der Waals surface area contributed by atoms with E-state index >= 15 is 0 Å². The summed E-state index contributed by atoms with van der Waals surface area (Å²) in [5.41, 5.74) is 5.94. The molecule has 50 heavy (non-hydrogen) atoms. The Labute approximate surface area is 285 Å². The van der Waals surface area contributed by atoms with Gasteiger partial charge in [-0.3, -0.25) is 0 Å². The van der Waals surface area contributed by atoms with Crippen molar-refractivity contribution < 1.29 is 8.83 Å². The summed E-state index contributed by atoms with van der Waals surface area (Å²) in [6, 6.07) is 52.2. The van der Waals surface area contributed by atoms with Gasteiger partial charge in [0.2, 0.25) is 0 Å². The van der Waals surface area contributed by atoms with E-state index in [4.69, 9.17) is 23.8 Å². The monoisotopic (exact) mass is 639 g/mol. The summed E-state index contributed by atoms with van der Waals surface area (Å²) in [5.74, 6) is 1.75. The van der Waals surface area contributed by atoms with E-state index in [1.165, 1.54) is 10.8 Å². The molecule has 5 nitrogen and oxygen atoms in total. The lowest BCUT2D eigenvalue weighted by Gasteiger charge is -2.12. The number of nitrogens with zero attached hydrogens (tertiary/aromatic N) is 3. The van der Waals surface area contributed by atoms with Crippen molar-refractivity contribution in [3.05, 3.63) is 152 Å². The average molecular weight is 640 g/mol. The summed E-state index contributed by atoms with van der Waals surface area (Å²) >= 11 is 0. The highest BCUT2D eigenvalue weighted by molar-refractivity contribution is 6.22. The molecule has 0 unspecified atom stereocenters. The van der Waals surface area contributed by atoms with E-state index in [0.29, 0.717) is 17.5 Å². The molecule has 3 heterocycles. The first-order chi connectivity index (χ1) is 24.8. The number of hydrogen-bond donors (Lipinski definition) is 0. The van der Waals surface area contributed by atoms with Crippen molar-refractivity contribution in [3.63, 3.8) is 0 Å². The van der Waals surface area contributed by atoms with Crippen LogP contribution in [0.1, 0.15) is 0 Å². The summed E-state index contributed by atoms with van der Waals surface area (Å²) in [5, 5.41) is 11.0. The van der Waals surface area contributed by atoms with E-state index < -0.39 is 0 Å². The van der Waals surface area contributed by atoms with E-state index in [1.807, 2.05) is 42.5 Å². The highest BCUT2D eigenvalue weighted by Crippen LogP contribution is 2.41. The van der Waals surface area contributed by atoms with E-state index in [2.05, 4.69) is 109 Å². The van der Waals surface area contributed by atoms with Crippen LogP contribution in [0.2, 0.25) is 0 Å². The molecule has 11 rings (SSSR count). The second-order valence-electron chi connectivity index (χ2n) is 12.7. The fourth-order valence-corrected chi connectivity index (χ4v) is 7.62. The Kier molecular flexibility index (Phi) is 5.60.